The maximum Gasteiger partial charge on any atom is 0.338 e. The summed E-state index contributed by atoms with van der Waals surface area (Å²) in [5, 5.41) is 10.1. The van der Waals surface area contributed by atoms with Gasteiger partial charge in [-0.05, 0) is 19.1 Å². The number of aliphatic hydroxyl groups is 1. The highest BCUT2D eigenvalue weighted by molar-refractivity contribution is 5.89. The Labute approximate surface area is 123 Å². The van der Waals surface area contributed by atoms with E-state index in [4.69, 9.17) is 18.9 Å². The summed E-state index contributed by atoms with van der Waals surface area (Å²) in [6, 6.07) is 8.63. The van der Waals surface area contributed by atoms with Crippen molar-refractivity contribution in [3.8, 4) is 0 Å². The van der Waals surface area contributed by atoms with Crippen LogP contribution in [0.15, 0.2) is 30.3 Å². The molecule has 5 atom stereocenters. The Kier molecular flexibility index (Phi) is 5.30. The van der Waals surface area contributed by atoms with E-state index in [1.165, 1.54) is 14.2 Å². The first-order chi connectivity index (χ1) is 10.1. The van der Waals surface area contributed by atoms with Crippen molar-refractivity contribution in [3.05, 3.63) is 35.9 Å². The van der Waals surface area contributed by atoms with Gasteiger partial charge in [-0.15, -0.1) is 0 Å². The maximum absolute atomic E-state index is 12.1. The number of aliphatic hydroxyl groups excluding tert-OH is 1. The van der Waals surface area contributed by atoms with E-state index in [9.17, 15) is 9.90 Å². The Morgan fingerprint density at radius 1 is 1.14 bits per heavy atom. The fourth-order valence-corrected chi connectivity index (χ4v) is 2.38. The zero-order valence-corrected chi connectivity index (χ0v) is 12.3. The van der Waals surface area contributed by atoms with Crippen molar-refractivity contribution in [3.63, 3.8) is 0 Å². The van der Waals surface area contributed by atoms with Crippen LogP contribution in [0.4, 0.5) is 0 Å². The normalized spacial score (nSPS) is 32.7. The fourth-order valence-electron chi connectivity index (χ4n) is 2.38. The number of esters is 1. The van der Waals surface area contributed by atoms with E-state index >= 15 is 0 Å². The van der Waals surface area contributed by atoms with Crippen molar-refractivity contribution in [2.45, 2.75) is 37.6 Å². The Hall–Kier alpha value is -1.47. The Balaban J connectivity index is 2.12. The zero-order chi connectivity index (χ0) is 15.4. The molecule has 0 saturated carbocycles. The van der Waals surface area contributed by atoms with Gasteiger partial charge in [0, 0.05) is 14.2 Å². The molecule has 1 N–H and O–H groups in total. The minimum atomic E-state index is -1.04. The second-order valence-corrected chi connectivity index (χ2v) is 4.87. The highest BCUT2D eigenvalue weighted by Gasteiger charge is 2.46. The van der Waals surface area contributed by atoms with Crippen LogP contribution < -0.4 is 0 Å². The number of hydrogen-bond donors (Lipinski definition) is 1. The van der Waals surface area contributed by atoms with Gasteiger partial charge in [-0.1, -0.05) is 18.2 Å². The lowest BCUT2D eigenvalue weighted by atomic mass is 9.99. The van der Waals surface area contributed by atoms with E-state index in [2.05, 4.69) is 0 Å². The van der Waals surface area contributed by atoms with Crippen LogP contribution in [0, 0.1) is 0 Å². The van der Waals surface area contributed by atoms with E-state index in [0.29, 0.717) is 5.56 Å². The maximum atomic E-state index is 12.1. The minimum Gasteiger partial charge on any atom is -0.453 e. The summed E-state index contributed by atoms with van der Waals surface area (Å²) in [5.74, 6) is -0.485. The SMILES string of the molecule is CO[C@H]1O[C@H](C)[C@@H](OC(=O)c2ccccc2)[C@@H](OC)[C@@H]1O. The van der Waals surface area contributed by atoms with E-state index in [0.717, 1.165) is 0 Å². The highest BCUT2D eigenvalue weighted by atomic mass is 16.7. The minimum absolute atomic E-state index is 0.433. The topological polar surface area (TPSA) is 74.2 Å². The molecule has 6 nitrogen and oxygen atoms in total. The van der Waals surface area contributed by atoms with Crippen LogP contribution in [0.1, 0.15) is 17.3 Å². The molecule has 0 aromatic heterocycles. The molecule has 1 aromatic carbocycles. The third-order valence-electron chi connectivity index (χ3n) is 3.51. The second kappa shape index (κ2) is 7.00. The molecule has 0 radical (unpaired) electrons. The van der Waals surface area contributed by atoms with Gasteiger partial charge in [0.1, 0.15) is 12.2 Å². The molecule has 0 amide bonds. The molecular formula is C15H20O6. The van der Waals surface area contributed by atoms with Gasteiger partial charge in [0.25, 0.3) is 0 Å². The molecule has 116 valence electrons. The molecule has 0 unspecified atom stereocenters. The van der Waals surface area contributed by atoms with Gasteiger partial charge >= 0.3 is 5.97 Å². The smallest absolute Gasteiger partial charge is 0.338 e. The lowest BCUT2D eigenvalue weighted by molar-refractivity contribution is -0.289. The summed E-state index contributed by atoms with van der Waals surface area (Å²) in [4.78, 5) is 12.1. The first-order valence-corrected chi connectivity index (χ1v) is 6.73. The molecule has 1 heterocycles. The number of carbonyl (C=O) groups excluding carboxylic acids is 1. The molecule has 1 aliphatic heterocycles. The average Bonchev–Trinajstić information content (AvgIpc) is 2.51. The monoisotopic (exact) mass is 296 g/mol. The summed E-state index contributed by atoms with van der Waals surface area (Å²) >= 11 is 0. The number of rotatable bonds is 4. The van der Waals surface area contributed by atoms with Gasteiger partial charge in [-0.25, -0.2) is 4.79 Å². The second-order valence-electron chi connectivity index (χ2n) is 4.87. The van der Waals surface area contributed by atoms with Crippen LogP contribution in [0.3, 0.4) is 0 Å². The molecule has 1 aliphatic rings. The van der Waals surface area contributed by atoms with E-state index in [1.807, 2.05) is 6.07 Å². The van der Waals surface area contributed by atoms with Gasteiger partial charge < -0.3 is 24.1 Å². The van der Waals surface area contributed by atoms with Crippen molar-refractivity contribution >= 4 is 5.97 Å². The Morgan fingerprint density at radius 3 is 2.38 bits per heavy atom. The first kappa shape index (κ1) is 15.9. The highest BCUT2D eigenvalue weighted by Crippen LogP contribution is 2.26. The van der Waals surface area contributed by atoms with Crippen LogP contribution in [-0.2, 0) is 18.9 Å². The Morgan fingerprint density at radius 2 is 1.81 bits per heavy atom. The van der Waals surface area contributed by atoms with Crippen molar-refractivity contribution < 1.29 is 28.8 Å². The Bertz CT molecular complexity index is 462. The molecular weight excluding hydrogens is 276 g/mol. The van der Waals surface area contributed by atoms with Gasteiger partial charge in [0.2, 0.25) is 0 Å². The molecule has 2 rings (SSSR count). The first-order valence-electron chi connectivity index (χ1n) is 6.73. The lowest BCUT2D eigenvalue weighted by Crippen LogP contribution is -2.59. The number of benzene rings is 1. The molecule has 21 heavy (non-hydrogen) atoms. The van der Waals surface area contributed by atoms with Crippen LogP contribution in [0.2, 0.25) is 0 Å². The van der Waals surface area contributed by atoms with Gasteiger partial charge in [-0.2, -0.15) is 0 Å². The van der Waals surface area contributed by atoms with Crippen molar-refractivity contribution in [1.82, 2.24) is 0 Å². The van der Waals surface area contributed by atoms with Crippen LogP contribution >= 0.6 is 0 Å². The summed E-state index contributed by atoms with van der Waals surface area (Å²) in [6.45, 7) is 1.74. The molecule has 1 saturated heterocycles. The molecule has 1 aromatic rings. The van der Waals surface area contributed by atoms with E-state index < -0.39 is 36.7 Å². The van der Waals surface area contributed by atoms with E-state index in [-0.39, 0.29) is 0 Å². The molecule has 6 heteroatoms. The summed E-state index contributed by atoms with van der Waals surface area (Å²) in [5.41, 5.74) is 0.433. The molecule has 0 bridgehead atoms. The largest absolute Gasteiger partial charge is 0.453 e. The fraction of sp³-hybridized carbons (Fsp3) is 0.533. The predicted octanol–water partition coefficient (Wildman–Crippen LogP) is 0.979. The van der Waals surface area contributed by atoms with Gasteiger partial charge in [0.15, 0.2) is 12.4 Å². The summed E-state index contributed by atoms with van der Waals surface area (Å²) in [7, 11) is 2.88. The number of ether oxygens (including phenoxy) is 4. The van der Waals surface area contributed by atoms with Crippen molar-refractivity contribution in [2.75, 3.05) is 14.2 Å². The van der Waals surface area contributed by atoms with Gasteiger partial charge in [-0.3, -0.25) is 0 Å². The lowest BCUT2D eigenvalue weighted by Gasteiger charge is -2.41. The number of methoxy groups -OCH3 is 2. The summed E-state index contributed by atoms with van der Waals surface area (Å²) in [6.07, 6.45) is -3.74. The van der Waals surface area contributed by atoms with Gasteiger partial charge in [0.05, 0.1) is 11.7 Å². The quantitative estimate of drug-likeness (QED) is 0.835. The number of carbonyl (C=O) groups is 1. The van der Waals surface area contributed by atoms with Crippen molar-refractivity contribution in [2.24, 2.45) is 0 Å². The third-order valence-corrected chi connectivity index (χ3v) is 3.51. The zero-order valence-electron chi connectivity index (χ0n) is 12.3. The summed E-state index contributed by atoms with van der Waals surface area (Å²) < 4.78 is 21.3. The number of hydrogen-bond acceptors (Lipinski definition) is 6. The molecule has 0 aliphatic carbocycles. The van der Waals surface area contributed by atoms with Crippen LogP contribution in [-0.4, -0.2) is 56.0 Å². The standard InChI is InChI=1S/C15H20O6/c1-9-12(13(18-2)11(16)15(19-3)20-9)21-14(17)10-7-5-4-6-8-10/h4-9,11-13,15-16H,1-3H3/t9-,11+,12-,13+,15+/m1/s1. The van der Waals surface area contributed by atoms with Crippen LogP contribution in [0.5, 0.6) is 0 Å². The van der Waals surface area contributed by atoms with Crippen molar-refractivity contribution in [1.29, 1.82) is 0 Å². The molecule has 1 fully saturated rings. The predicted molar refractivity (Wildman–Crippen MR) is 73.8 cm³/mol. The van der Waals surface area contributed by atoms with E-state index in [1.54, 1.807) is 31.2 Å². The molecule has 0 spiro atoms. The average molecular weight is 296 g/mol. The van der Waals surface area contributed by atoms with Crippen LogP contribution in [0.25, 0.3) is 0 Å². The third kappa shape index (κ3) is 3.41.